The van der Waals surface area contributed by atoms with Crippen LogP contribution >= 0.6 is 0 Å². The zero-order valence-electron chi connectivity index (χ0n) is 13.8. The number of carbonyl (C=O) groups excluding carboxylic acids is 4. The van der Waals surface area contributed by atoms with E-state index >= 15 is 0 Å². The molecule has 0 saturated heterocycles. The summed E-state index contributed by atoms with van der Waals surface area (Å²) >= 11 is 0. The first-order valence-electron chi connectivity index (χ1n) is 8.16. The second-order valence-electron chi connectivity index (χ2n) is 5.90. The molecule has 0 atom stereocenters. The number of amides is 3. The SMILES string of the molecule is O=C(NNC(=O)c1ccccc1C(=O)c1ccccc1)C(=O)NC1CC1. The number of hydrogen-bond donors (Lipinski definition) is 3. The van der Waals surface area contributed by atoms with Crippen molar-refractivity contribution in [2.75, 3.05) is 0 Å². The molecule has 1 aliphatic rings. The Morgan fingerprint density at radius 3 is 2.00 bits per heavy atom. The van der Waals surface area contributed by atoms with Gasteiger partial charge in [-0.3, -0.25) is 30.0 Å². The molecule has 0 radical (unpaired) electrons. The largest absolute Gasteiger partial charge is 0.345 e. The summed E-state index contributed by atoms with van der Waals surface area (Å²) in [7, 11) is 0. The molecule has 1 saturated carbocycles. The van der Waals surface area contributed by atoms with Crippen molar-refractivity contribution in [3.8, 4) is 0 Å². The molecular weight excluding hydrogens is 334 g/mol. The molecule has 3 rings (SSSR count). The molecular formula is C19H17N3O4. The van der Waals surface area contributed by atoms with E-state index < -0.39 is 17.7 Å². The fraction of sp³-hybridized carbons (Fsp3) is 0.158. The van der Waals surface area contributed by atoms with Gasteiger partial charge in [-0.05, 0) is 18.9 Å². The number of benzene rings is 2. The van der Waals surface area contributed by atoms with Gasteiger partial charge in [0.2, 0.25) is 0 Å². The lowest BCUT2D eigenvalue weighted by Gasteiger charge is -2.10. The molecule has 0 spiro atoms. The van der Waals surface area contributed by atoms with E-state index in [2.05, 4.69) is 16.2 Å². The Bertz CT molecular complexity index is 860. The molecule has 0 bridgehead atoms. The van der Waals surface area contributed by atoms with E-state index in [1.54, 1.807) is 42.5 Å². The van der Waals surface area contributed by atoms with Crippen molar-refractivity contribution in [3.63, 3.8) is 0 Å². The van der Waals surface area contributed by atoms with Crippen molar-refractivity contribution < 1.29 is 19.2 Å². The first-order chi connectivity index (χ1) is 12.6. The smallest absolute Gasteiger partial charge is 0.327 e. The molecule has 26 heavy (non-hydrogen) atoms. The predicted octanol–water partition coefficient (Wildman–Crippen LogP) is 0.957. The minimum atomic E-state index is -0.961. The molecule has 132 valence electrons. The maximum absolute atomic E-state index is 12.6. The van der Waals surface area contributed by atoms with Crippen LogP contribution in [0, 0.1) is 0 Å². The minimum Gasteiger partial charge on any atom is -0.345 e. The van der Waals surface area contributed by atoms with E-state index in [0.29, 0.717) is 5.56 Å². The Labute approximate surface area is 149 Å². The van der Waals surface area contributed by atoms with Gasteiger partial charge in [-0.15, -0.1) is 0 Å². The highest BCUT2D eigenvalue weighted by Gasteiger charge is 2.26. The summed E-state index contributed by atoms with van der Waals surface area (Å²) in [4.78, 5) is 48.2. The van der Waals surface area contributed by atoms with Crippen molar-refractivity contribution in [2.24, 2.45) is 0 Å². The second-order valence-corrected chi connectivity index (χ2v) is 5.90. The van der Waals surface area contributed by atoms with Crippen LogP contribution in [0.2, 0.25) is 0 Å². The zero-order valence-corrected chi connectivity index (χ0v) is 13.8. The lowest BCUT2D eigenvalue weighted by Crippen LogP contribution is -2.49. The highest BCUT2D eigenvalue weighted by atomic mass is 16.2. The molecule has 3 N–H and O–H groups in total. The quantitative estimate of drug-likeness (QED) is 0.433. The van der Waals surface area contributed by atoms with Crippen LogP contribution in [0.3, 0.4) is 0 Å². The van der Waals surface area contributed by atoms with Crippen molar-refractivity contribution in [3.05, 3.63) is 71.3 Å². The van der Waals surface area contributed by atoms with E-state index in [9.17, 15) is 19.2 Å². The maximum atomic E-state index is 12.6. The third kappa shape index (κ3) is 4.13. The molecule has 2 aromatic carbocycles. The third-order valence-corrected chi connectivity index (χ3v) is 3.86. The molecule has 1 fully saturated rings. The molecule has 0 aromatic heterocycles. The number of hydrogen-bond acceptors (Lipinski definition) is 4. The van der Waals surface area contributed by atoms with Gasteiger partial charge in [-0.2, -0.15) is 0 Å². The van der Waals surface area contributed by atoms with Gasteiger partial charge < -0.3 is 5.32 Å². The Balaban J connectivity index is 1.68. The number of rotatable bonds is 4. The average molecular weight is 351 g/mol. The Kier molecular flexibility index (Phi) is 5.07. The van der Waals surface area contributed by atoms with Crippen LogP contribution in [-0.4, -0.2) is 29.5 Å². The van der Waals surface area contributed by atoms with Gasteiger partial charge in [-0.25, -0.2) is 0 Å². The highest BCUT2D eigenvalue weighted by Crippen LogP contribution is 2.18. The van der Waals surface area contributed by atoms with Gasteiger partial charge in [0.1, 0.15) is 0 Å². The Hall–Kier alpha value is -3.48. The number of hydrazine groups is 1. The Morgan fingerprint density at radius 2 is 1.35 bits per heavy atom. The van der Waals surface area contributed by atoms with Gasteiger partial charge in [0, 0.05) is 17.2 Å². The fourth-order valence-electron chi connectivity index (χ4n) is 2.34. The summed E-state index contributed by atoms with van der Waals surface area (Å²) in [6.07, 6.45) is 1.70. The molecule has 2 aromatic rings. The van der Waals surface area contributed by atoms with E-state index in [4.69, 9.17) is 0 Å². The minimum absolute atomic E-state index is 0.0353. The molecule has 7 heteroatoms. The van der Waals surface area contributed by atoms with Gasteiger partial charge in [0.25, 0.3) is 5.91 Å². The lowest BCUT2D eigenvalue weighted by atomic mass is 9.98. The van der Waals surface area contributed by atoms with E-state index in [0.717, 1.165) is 12.8 Å². The van der Waals surface area contributed by atoms with Gasteiger partial charge >= 0.3 is 11.8 Å². The van der Waals surface area contributed by atoms with E-state index in [1.165, 1.54) is 12.1 Å². The standard InChI is InChI=1S/C19H17N3O4/c23-16(12-6-2-1-3-7-12)14-8-4-5-9-15(14)17(24)21-22-19(26)18(25)20-13-10-11-13/h1-9,13H,10-11H2,(H,20,25)(H,21,24)(H,22,26). The summed E-state index contributed by atoms with van der Waals surface area (Å²) in [5.41, 5.74) is 4.97. The average Bonchev–Trinajstić information content (AvgIpc) is 3.49. The van der Waals surface area contributed by atoms with Crippen LogP contribution in [0.4, 0.5) is 0 Å². The molecule has 0 unspecified atom stereocenters. The van der Waals surface area contributed by atoms with Crippen molar-refractivity contribution in [1.29, 1.82) is 0 Å². The molecule has 7 nitrogen and oxygen atoms in total. The number of nitrogens with one attached hydrogen (secondary N) is 3. The highest BCUT2D eigenvalue weighted by molar-refractivity contribution is 6.35. The molecule has 1 aliphatic carbocycles. The first kappa shape index (κ1) is 17.3. The Morgan fingerprint density at radius 1 is 0.731 bits per heavy atom. The maximum Gasteiger partial charge on any atom is 0.327 e. The summed E-state index contributed by atoms with van der Waals surface area (Å²) in [5.74, 6) is -2.76. The zero-order chi connectivity index (χ0) is 18.5. The van der Waals surface area contributed by atoms with Gasteiger partial charge in [0.15, 0.2) is 5.78 Å². The molecule has 0 heterocycles. The van der Waals surface area contributed by atoms with Crippen LogP contribution in [0.25, 0.3) is 0 Å². The number of carbonyl (C=O) groups is 4. The van der Waals surface area contributed by atoms with Crippen LogP contribution in [0.15, 0.2) is 54.6 Å². The first-order valence-corrected chi connectivity index (χ1v) is 8.16. The summed E-state index contributed by atoms with van der Waals surface area (Å²) in [5, 5.41) is 2.51. The molecule has 0 aliphatic heterocycles. The summed E-state index contributed by atoms with van der Waals surface area (Å²) in [6.45, 7) is 0. The number of ketones is 1. The lowest BCUT2D eigenvalue weighted by molar-refractivity contribution is -0.139. The van der Waals surface area contributed by atoms with E-state index in [-0.39, 0.29) is 23.0 Å². The second kappa shape index (κ2) is 7.60. The monoisotopic (exact) mass is 351 g/mol. The van der Waals surface area contributed by atoms with Crippen molar-refractivity contribution in [2.45, 2.75) is 18.9 Å². The summed E-state index contributed by atoms with van der Waals surface area (Å²) < 4.78 is 0. The van der Waals surface area contributed by atoms with Gasteiger partial charge in [0.05, 0.1) is 5.56 Å². The third-order valence-electron chi connectivity index (χ3n) is 3.86. The normalized spacial score (nSPS) is 12.8. The predicted molar refractivity (Wildman–Crippen MR) is 93.1 cm³/mol. The van der Waals surface area contributed by atoms with E-state index in [1.807, 2.05) is 0 Å². The summed E-state index contributed by atoms with van der Waals surface area (Å²) in [6, 6.07) is 14.9. The van der Waals surface area contributed by atoms with Crippen LogP contribution in [0.5, 0.6) is 0 Å². The van der Waals surface area contributed by atoms with Crippen LogP contribution in [0.1, 0.15) is 39.1 Å². The van der Waals surface area contributed by atoms with Gasteiger partial charge in [-0.1, -0.05) is 48.5 Å². The van der Waals surface area contributed by atoms with Crippen molar-refractivity contribution in [1.82, 2.24) is 16.2 Å². The van der Waals surface area contributed by atoms with Crippen molar-refractivity contribution >= 4 is 23.5 Å². The fourth-order valence-corrected chi connectivity index (χ4v) is 2.34. The topological polar surface area (TPSA) is 104 Å². The van der Waals surface area contributed by atoms with Crippen LogP contribution in [-0.2, 0) is 9.59 Å². The van der Waals surface area contributed by atoms with Crippen LogP contribution < -0.4 is 16.2 Å². The molecule has 3 amide bonds.